The summed E-state index contributed by atoms with van der Waals surface area (Å²) in [5, 5.41) is 1.27. The van der Waals surface area contributed by atoms with E-state index >= 15 is 0 Å². The standard InChI is InChI=1S/C27H35N3O/c1-3-4-5-6-7-8-15-30-25-13-12-22(21-11-9-10-20(2)17-21)18-23(25)24-19-29(27(28)31)16-14-26(24)30/h9-13,17-18H,3-8,14-16,19H2,1-2H3,(H2,28,31). The van der Waals surface area contributed by atoms with Crippen molar-refractivity contribution in [1.29, 1.82) is 0 Å². The molecule has 164 valence electrons. The fraction of sp³-hybridized carbons (Fsp3) is 0.444. The molecule has 1 aliphatic rings. The first kappa shape index (κ1) is 21.5. The maximum atomic E-state index is 11.9. The number of nitrogens with two attached hydrogens (primary N) is 1. The van der Waals surface area contributed by atoms with E-state index in [0.29, 0.717) is 13.1 Å². The molecule has 0 unspecified atom stereocenters. The maximum absolute atomic E-state index is 11.9. The maximum Gasteiger partial charge on any atom is 0.315 e. The minimum atomic E-state index is -0.322. The summed E-state index contributed by atoms with van der Waals surface area (Å²) in [4.78, 5) is 13.6. The molecule has 2 N–H and O–H groups in total. The molecule has 0 saturated carbocycles. The number of carbonyl (C=O) groups excluding carboxylic acids is 1. The fourth-order valence-electron chi connectivity index (χ4n) is 4.95. The number of carbonyl (C=O) groups is 1. The van der Waals surface area contributed by atoms with Crippen molar-refractivity contribution < 1.29 is 4.79 Å². The van der Waals surface area contributed by atoms with Crippen LogP contribution in [0.4, 0.5) is 4.79 Å². The Hall–Kier alpha value is -2.75. The van der Waals surface area contributed by atoms with Crippen LogP contribution in [0, 0.1) is 6.92 Å². The van der Waals surface area contributed by atoms with Crippen LogP contribution in [0.1, 0.15) is 62.3 Å². The summed E-state index contributed by atoms with van der Waals surface area (Å²) in [6.45, 7) is 6.77. The fourth-order valence-corrected chi connectivity index (χ4v) is 4.95. The Balaban J connectivity index is 1.68. The first-order valence-corrected chi connectivity index (χ1v) is 11.8. The van der Waals surface area contributed by atoms with Gasteiger partial charge in [-0.25, -0.2) is 4.79 Å². The number of aryl methyl sites for hydroxylation is 2. The number of benzene rings is 2. The van der Waals surface area contributed by atoms with Crippen LogP contribution >= 0.6 is 0 Å². The number of hydrogen-bond acceptors (Lipinski definition) is 1. The van der Waals surface area contributed by atoms with Crippen LogP contribution in [0.2, 0.25) is 0 Å². The lowest BCUT2D eigenvalue weighted by Crippen LogP contribution is -2.39. The lowest BCUT2D eigenvalue weighted by atomic mass is 9.99. The zero-order valence-corrected chi connectivity index (χ0v) is 19.0. The van der Waals surface area contributed by atoms with Crippen molar-refractivity contribution in [2.24, 2.45) is 5.73 Å². The highest BCUT2D eigenvalue weighted by Gasteiger charge is 2.25. The second-order valence-electron chi connectivity index (χ2n) is 8.96. The highest BCUT2D eigenvalue weighted by Crippen LogP contribution is 2.34. The lowest BCUT2D eigenvalue weighted by molar-refractivity contribution is 0.202. The van der Waals surface area contributed by atoms with Gasteiger partial charge in [0.15, 0.2) is 0 Å². The van der Waals surface area contributed by atoms with E-state index < -0.39 is 0 Å². The Kier molecular flexibility index (Phi) is 6.64. The molecule has 0 bridgehead atoms. The normalized spacial score (nSPS) is 13.5. The predicted molar refractivity (Wildman–Crippen MR) is 129 cm³/mol. The Morgan fingerprint density at radius 3 is 2.55 bits per heavy atom. The molecular weight excluding hydrogens is 382 g/mol. The predicted octanol–water partition coefficient (Wildman–Crippen LogP) is 6.41. The summed E-state index contributed by atoms with van der Waals surface area (Å²) in [6.07, 6.45) is 8.66. The molecule has 2 amide bonds. The van der Waals surface area contributed by atoms with Crippen LogP contribution in [0.25, 0.3) is 22.0 Å². The van der Waals surface area contributed by atoms with Crippen molar-refractivity contribution in [3.05, 3.63) is 59.3 Å². The van der Waals surface area contributed by atoms with Gasteiger partial charge < -0.3 is 15.2 Å². The first-order valence-electron chi connectivity index (χ1n) is 11.8. The summed E-state index contributed by atoms with van der Waals surface area (Å²) < 4.78 is 2.52. The molecule has 0 spiro atoms. The quantitative estimate of drug-likeness (QED) is 0.423. The highest BCUT2D eigenvalue weighted by molar-refractivity contribution is 5.90. The number of fused-ring (bicyclic) bond motifs is 3. The summed E-state index contributed by atoms with van der Waals surface area (Å²) >= 11 is 0. The Morgan fingerprint density at radius 2 is 1.77 bits per heavy atom. The largest absolute Gasteiger partial charge is 0.351 e. The number of aromatic nitrogens is 1. The number of amides is 2. The second kappa shape index (κ2) is 9.59. The molecule has 0 saturated heterocycles. The van der Waals surface area contributed by atoms with Crippen LogP contribution in [0.15, 0.2) is 42.5 Å². The van der Waals surface area contributed by atoms with Gasteiger partial charge in [-0.05, 0) is 36.6 Å². The first-order chi connectivity index (χ1) is 15.1. The minimum absolute atomic E-state index is 0.322. The monoisotopic (exact) mass is 417 g/mol. The molecule has 1 aliphatic heterocycles. The van der Waals surface area contributed by atoms with Crippen molar-refractivity contribution in [3.8, 4) is 11.1 Å². The molecule has 2 aromatic carbocycles. The van der Waals surface area contributed by atoms with Crippen LogP contribution in [0.3, 0.4) is 0 Å². The SMILES string of the molecule is CCCCCCCCn1c2c(c3cc(-c4cccc(C)c4)ccc31)CN(C(N)=O)CC2. The van der Waals surface area contributed by atoms with Crippen LogP contribution in [-0.2, 0) is 19.5 Å². The molecule has 0 atom stereocenters. The van der Waals surface area contributed by atoms with E-state index in [1.165, 1.54) is 77.4 Å². The van der Waals surface area contributed by atoms with Gasteiger partial charge in [0, 0.05) is 48.2 Å². The van der Waals surface area contributed by atoms with Crippen molar-refractivity contribution in [2.45, 2.75) is 71.9 Å². The van der Waals surface area contributed by atoms with Gasteiger partial charge in [0.2, 0.25) is 0 Å². The lowest BCUT2D eigenvalue weighted by Gasteiger charge is -2.26. The molecule has 1 aromatic heterocycles. The van der Waals surface area contributed by atoms with Gasteiger partial charge in [0.05, 0.1) is 0 Å². The van der Waals surface area contributed by atoms with Gasteiger partial charge >= 0.3 is 6.03 Å². The van der Waals surface area contributed by atoms with Gasteiger partial charge in [0.25, 0.3) is 0 Å². The van der Waals surface area contributed by atoms with Gasteiger partial charge in [0.1, 0.15) is 0 Å². The Labute approximate surface area is 186 Å². The van der Waals surface area contributed by atoms with E-state index in [-0.39, 0.29) is 6.03 Å². The molecule has 0 fully saturated rings. The summed E-state index contributed by atoms with van der Waals surface area (Å²) in [5.41, 5.74) is 13.3. The van der Waals surface area contributed by atoms with E-state index in [1.807, 2.05) is 0 Å². The van der Waals surface area contributed by atoms with E-state index in [2.05, 4.69) is 60.9 Å². The van der Waals surface area contributed by atoms with Gasteiger partial charge in [-0.1, -0.05) is 74.9 Å². The highest BCUT2D eigenvalue weighted by atomic mass is 16.2. The van der Waals surface area contributed by atoms with Crippen molar-refractivity contribution in [3.63, 3.8) is 0 Å². The van der Waals surface area contributed by atoms with Crippen molar-refractivity contribution in [2.75, 3.05) is 6.54 Å². The summed E-state index contributed by atoms with van der Waals surface area (Å²) in [5.74, 6) is 0. The molecular formula is C27H35N3O. The average Bonchev–Trinajstić information content (AvgIpc) is 3.08. The zero-order valence-electron chi connectivity index (χ0n) is 19.0. The molecule has 31 heavy (non-hydrogen) atoms. The summed E-state index contributed by atoms with van der Waals surface area (Å²) in [7, 11) is 0. The molecule has 0 aliphatic carbocycles. The number of urea groups is 1. The number of nitrogens with zero attached hydrogens (tertiary/aromatic N) is 2. The minimum Gasteiger partial charge on any atom is -0.351 e. The van der Waals surface area contributed by atoms with Crippen molar-refractivity contribution in [1.82, 2.24) is 9.47 Å². The third kappa shape index (κ3) is 4.63. The van der Waals surface area contributed by atoms with Gasteiger partial charge in [-0.2, -0.15) is 0 Å². The molecule has 0 radical (unpaired) electrons. The molecule has 4 rings (SSSR count). The molecule has 3 aromatic rings. The Morgan fingerprint density at radius 1 is 1.00 bits per heavy atom. The number of hydrogen-bond donors (Lipinski definition) is 1. The Bertz CT molecular complexity index is 1070. The number of unbranched alkanes of at least 4 members (excludes halogenated alkanes) is 5. The van der Waals surface area contributed by atoms with E-state index in [9.17, 15) is 4.79 Å². The van der Waals surface area contributed by atoms with Crippen LogP contribution in [0.5, 0.6) is 0 Å². The van der Waals surface area contributed by atoms with E-state index in [4.69, 9.17) is 5.73 Å². The average molecular weight is 418 g/mol. The third-order valence-electron chi connectivity index (χ3n) is 6.65. The smallest absolute Gasteiger partial charge is 0.315 e. The van der Waals surface area contributed by atoms with E-state index in [0.717, 1.165) is 13.0 Å². The van der Waals surface area contributed by atoms with Gasteiger partial charge in [-0.15, -0.1) is 0 Å². The van der Waals surface area contributed by atoms with E-state index in [1.54, 1.807) is 4.90 Å². The summed E-state index contributed by atoms with van der Waals surface area (Å²) in [6, 6.07) is 15.2. The molecule has 4 nitrogen and oxygen atoms in total. The topological polar surface area (TPSA) is 51.3 Å². The molecule has 2 heterocycles. The number of rotatable bonds is 8. The van der Waals surface area contributed by atoms with Gasteiger partial charge in [-0.3, -0.25) is 0 Å². The second-order valence-corrected chi connectivity index (χ2v) is 8.96. The molecule has 4 heteroatoms. The third-order valence-corrected chi connectivity index (χ3v) is 6.65. The zero-order chi connectivity index (χ0) is 21.8. The number of primary amides is 1. The van der Waals surface area contributed by atoms with Crippen LogP contribution < -0.4 is 5.73 Å². The van der Waals surface area contributed by atoms with Crippen LogP contribution in [-0.4, -0.2) is 22.0 Å². The van der Waals surface area contributed by atoms with Crippen molar-refractivity contribution >= 4 is 16.9 Å².